The molecule has 90 valence electrons. The highest BCUT2D eigenvalue weighted by molar-refractivity contribution is 5.98. The first kappa shape index (κ1) is 12.8. The zero-order valence-electron chi connectivity index (χ0n) is 10.7. The number of nitrogens with zero attached hydrogens (tertiary/aromatic N) is 1. The van der Waals surface area contributed by atoms with E-state index in [0.717, 1.165) is 12.0 Å². The normalized spacial score (nSPS) is 11.4. The Hall–Kier alpha value is -1.25. The van der Waals surface area contributed by atoms with Crippen molar-refractivity contribution in [3.63, 3.8) is 0 Å². The van der Waals surface area contributed by atoms with Gasteiger partial charge in [0.2, 0.25) is 0 Å². The Morgan fingerprint density at radius 1 is 1.38 bits per heavy atom. The highest BCUT2D eigenvalue weighted by Crippen LogP contribution is 2.28. The van der Waals surface area contributed by atoms with Crippen molar-refractivity contribution < 1.29 is 9.90 Å². The van der Waals surface area contributed by atoms with E-state index in [1.165, 1.54) is 0 Å². The lowest BCUT2D eigenvalue weighted by atomic mass is 10.0. The summed E-state index contributed by atoms with van der Waals surface area (Å²) in [6.07, 6.45) is 2.65. The SMILES string of the molecule is CC(C)Cc1cn(C)c(C(=O)C(C)C)c1O. The van der Waals surface area contributed by atoms with Crippen LogP contribution in [0.5, 0.6) is 5.75 Å². The summed E-state index contributed by atoms with van der Waals surface area (Å²) in [7, 11) is 1.80. The maximum Gasteiger partial charge on any atom is 0.185 e. The molecule has 0 aromatic carbocycles. The van der Waals surface area contributed by atoms with Crippen molar-refractivity contribution in [1.82, 2.24) is 4.57 Å². The van der Waals surface area contributed by atoms with Crippen molar-refractivity contribution >= 4 is 5.78 Å². The molecular formula is C13H21NO2. The van der Waals surface area contributed by atoms with Gasteiger partial charge in [-0.15, -0.1) is 0 Å². The van der Waals surface area contributed by atoms with Gasteiger partial charge in [-0.05, 0) is 12.3 Å². The van der Waals surface area contributed by atoms with E-state index in [0.29, 0.717) is 11.6 Å². The summed E-state index contributed by atoms with van der Waals surface area (Å²) in [6, 6.07) is 0. The summed E-state index contributed by atoms with van der Waals surface area (Å²) in [5.41, 5.74) is 1.30. The van der Waals surface area contributed by atoms with Crippen LogP contribution < -0.4 is 0 Å². The maximum atomic E-state index is 11.9. The van der Waals surface area contributed by atoms with Gasteiger partial charge < -0.3 is 9.67 Å². The van der Waals surface area contributed by atoms with Crippen LogP contribution in [0.3, 0.4) is 0 Å². The zero-order valence-corrected chi connectivity index (χ0v) is 10.7. The summed E-state index contributed by atoms with van der Waals surface area (Å²) < 4.78 is 1.73. The van der Waals surface area contributed by atoms with E-state index in [2.05, 4.69) is 13.8 Å². The highest BCUT2D eigenvalue weighted by atomic mass is 16.3. The van der Waals surface area contributed by atoms with Gasteiger partial charge in [0.15, 0.2) is 5.78 Å². The van der Waals surface area contributed by atoms with Gasteiger partial charge in [-0.1, -0.05) is 27.7 Å². The number of hydrogen-bond donors (Lipinski definition) is 1. The van der Waals surface area contributed by atoms with E-state index in [9.17, 15) is 9.90 Å². The van der Waals surface area contributed by atoms with Crippen LogP contribution >= 0.6 is 0 Å². The lowest BCUT2D eigenvalue weighted by Gasteiger charge is -2.06. The van der Waals surface area contributed by atoms with Crippen molar-refractivity contribution in [2.24, 2.45) is 18.9 Å². The van der Waals surface area contributed by atoms with Gasteiger partial charge >= 0.3 is 0 Å². The first-order valence-electron chi connectivity index (χ1n) is 5.76. The van der Waals surface area contributed by atoms with Gasteiger partial charge in [-0.2, -0.15) is 0 Å². The number of carbonyl (C=O) groups is 1. The lowest BCUT2D eigenvalue weighted by molar-refractivity contribution is 0.0928. The van der Waals surface area contributed by atoms with Crippen LogP contribution in [0, 0.1) is 11.8 Å². The van der Waals surface area contributed by atoms with Gasteiger partial charge in [0.1, 0.15) is 11.4 Å². The average Bonchev–Trinajstić information content (AvgIpc) is 2.40. The minimum atomic E-state index is -0.0913. The standard InChI is InChI=1S/C13H21NO2/c1-8(2)6-10-7-14(5)11(13(10)16)12(15)9(3)4/h7-9,16H,6H2,1-5H3. The van der Waals surface area contributed by atoms with Crippen LogP contribution in [0.25, 0.3) is 0 Å². The number of Topliss-reactive ketones (excluding diaryl/α,β-unsaturated/α-hetero) is 1. The van der Waals surface area contributed by atoms with E-state index in [1.807, 2.05) is 20.0 Å². The Morgan fingerprint density at radius 3 is 2.38 bits per heavy atom. The molecule has 0 saturated heterocycles. The Balaban J connectivity index is 3.12. The van der Waals surface area contributed by atoms with Gasteiger partial charge in [0.25, 0.3) is 0 Å². The van der Waals surface area contributed by atoms with Gasteiger partial charge in [0, 0.05) is 24.7 Å². The number of carbonyl (C=O) groups excluding carboxylic acids is 1. The molecule has 1 heterocycles. The molecule has 0 unspecified atom stereocenters. The summed E-state index contributed by atoms with van der Waals surface area (Å²) in [5, 5.41) is 10.0. The summed E-state index contributed by atoms with van der Waals surface area (Å²) in [5.74, 6) is 0.534. The molecule has 1 aromatic rings. The minimum absolute atomic E-state index is 0.00462. The largest absolute Gasteiger partial charge is 0.505 e. The molecule has 3 nitrogen and oxygen atoms in total. The molecule has 0 saturated carbocycles. The van der Waals surface area contributed by atoms with Crippen LogP contribution in [0.4, 0.5) is 0 Å². The van der Waals surface area contributed by atoms with E-state index in [1.54, 1.807) is 11.6 Å². The molecule has 3 heteroatoms. The molecule has 1 N–H and O–H groups in total. The molecule has 16 heavy (non-hydrogen) atoms. The van der Waals surface area contributed by atoms with Gasteiger partial charge in [-0.25, -0.2) is 0 Å². The second-order valence-electron chi connectivity index (χ2n) is 5.08. The highest BCUT2D eigenvalue weighted by Gasteiger charge is 2.22. The molecule has 0 radical (unpaired) electrons. The molecular weight excluding hydrogens is 202 g/mol. The predicted octanol–water partition coefficient (Wildman–Crippen LogP) is 2.77. The first-order chi connectivity index (χ1) is 7.34. The van der Waals surface area contributed by atoms with Crippen LogP contribution in [0.1, 0.15) is 43.7 Å². The van der Waals surface area contributed by atoms with Crippen molar-refractivity contribution in [3.05, 3.63) is 17.5 Å². The molecule has 0 fully saturated rings. The van der Waals surface area contributed by atoms with Crippen molar-refractivity contribution in [2.45, 2.75) is 34.1 Å². The summed E-state index contributed by atoms with van der Waals surface area (Å²) in [6.45, 7) is 7.88. The third-order valence-electron chi connectivity index (χ3n) is 2.62. The molecule has 0 bridgehead atoms. The minimum Gasteiger partial charge on any atom is -0.505 e. The quantitative estimate of drug-likeness (QED) is 0.797. The molecule has 0 aliphatic carbocycles. The third-order valence-corrected chi connectivity index (χ3v) is 2.62. The van der Waals surface area contributed by atoms with Crippen LogP contribution in [0.2, 0.25) is 0 Å². The molecule has 0 aliphatic heterocycles. The van der Waals surface area contributed by atoms with Crippen LogP contribution in [0.15, 0.2) is 6.20 Å². The zero-order chi connectivity index (χ0) is 12.5. The molecule has 0 aliphatic rings. The smallest absolute Gasteiger partial charge is 0.185 e. The molecule has 1 rings (SSSR count). The van der Waals surface area contributed by atoms with Crippen molar-refractivity contribution in [3.8, 4) is 5.75 Å². The van der Waals surface area contributed by atoms with Gasteiger partial charge in [-0.3, -0.25) is 4.79 Å². The number of aryl methyl sites for hydroxylation is 1. The lowest BCUT2D eigenvalue weighted by Crippen LogP contribution is -2.11. The molecule has 0 atom stereocenters. The number of hydrogen-bond acceptors (Lipinski definition) is 2. The fourth-order valence-electron chi connectivity index (χ4n) is 1.83. The van der Waals surface area contributed by atoms with E-state index in [4.69, 9.17) is 0 Å². The Labute approximate surface area is 97.1 Å². The first-order valence-corrected chi connectivity index (χ1v) is 5.76. The van der Waals surface area contributed by atoms with E-state index >= 15 is 0 Å². The van der Waals surface area contributed by atoms with Crippen molar-refractivity contribution in [1.29, 1.82) is 0 Å². The van der Waals surface area contributed by atoms with Crippen LogP contribution in [-0.2, 0) is 13.5 Å². The van der Waals surface area contributed by atoms with Crippen LogP contribution in [-0.4, -0.2) is 15.5 Å². The molecule has 0 spiro atoms. The third kappa shape index (κ3) is 2.46. The average molecular weight is 223 g/mol. The van der Waals surface area contributed by atoms with Crippen molar-refractivity contribution in [2.75, 3.05) is 0 Å². The predicted molar refractivity (Wildman–Crippen MR) is 64.8 cm³/mol. The topological polar surface area (TPSA) is 42.2 Å². The monoisotopic (exact) mass is 223 g/mol. The fraction of sp³-hybridized carbons (Fsp3) is 0.615. The number of aromatic nitrogens is 1. The number of ketones is 1. The second-order valence-corrected chi connectivity index (χ2v) is 5.08. The van der Waals surface area contributed by atoms with E-state index < -0.39 is 0 Å². The maximum absolute atomic E-state index is 11.9. The molecule has 1 aromatic heterocycles. The van der Waals surface area contributed by atoms with Gasteiger partial charge in [0.05, 0.1) is 0 Å². The Kier molecular flexibility index (Phi) is 3.79. The second kappa shape index (κ2) is 4.73. The molecule has 0 amide bonds. The number of rotatable bonds is 4. The Bertz CT molecular complexity index is 389. The fourth-order valence-corrected chi connectivity index (χ4v) is 1.83. The van der Waals surface area contributed by atoms with E-state index in [-0.39, 0.29) is 17.5 Å². The summed E-state index contributed by atoms with van der Waals surface area (Å²) >= 11 is 0. The Morgan fingerprint density at radius 2 is 1.94 bits per heavy atom. The number of aromatic hydroxyl groups is 1. The summed E-state index contributed by atoms with van der Waals surface area (Å²) in [4.78, 5) is 11.9.